The minimum absolute atomic E-state index is 0.177. The second-order valence-electron chi connectivity index (χ2n) is 7.90. The van der Waals surface area contributed by atoms with Crippen LogP contribution in [0.1, 0.15) is 30.9 Å². The van der Waals surface area contributed by atoms with Gasteiger partial charge < -0.3 is 14.7 Å². The molecule has 1 aliphatic rings. The van der Waals surface area contributed by atoms with Crippen LogP contribution in [-0.2, 0) is 0 Å². The zero-order valence-electron chi connectivity index (χ0n) is 17.1. The summed E-state index contributed by atoms with van der Waals surface area (Å²) in [5.74, 6) is 1.06. The van der Waals surface area contributed by atoms with Crippen LogP contribution in [0.3, 0.4) is 0 Å². The van der Waals surface area contributed by atoms with Gasteiger partial charge in [-0.15, -0.1) is 0 Å². The summed E-state index contributed by atoms with van der Waals surface area (Å²) in [4.78, 5) is 4.28. The maximum Gasteiger partial charge on any atom is 0.146 e. The SMILES string of the molecule is Cc1ccc(C(C)C)c(OC[C@H](O)CN2CCN(c3ccccc3F)CC2)c1. The third-order valence-electron chi connectivity index (χ3n) is 5.26. The highest BCUT2D eigenvalue weighted by Crippen LogP contribution is 2.27. The molecule has 1 N–H and O–H groups in total. The lowest BCUT2D eigenvalue weighted by atomic mass is 10.0. The Kier molecular flexibility index (Phi) is 6.92. The monoisotopic (exact) mass is 386 g/mol. The predicted molar refractivity (Wildman–Crippen MR) is 112 cm³/mol. The van der Waals surface area contributed by atoms with Crippen molar-refractivity contribution in [2.45, 2.75) is 32.8 Å². The molecule has 0 unspecified atom stereocenters. The van der Waals surface area contributed by atoms with Crippen LogP contribution in [0.5, 0.6) is 5.75 Å². The predicted octanol–water partition coefficient (Wildman–Crippen LogP) is 3.82. The lowest BCUT2D eigenvalue weighted by Gasteiger charge is -2.37. The van der Waals surface area contributed by atoms with Gasteiger partial charge in [0.1, 0.15) is 24.3 Å². The van der Waals surface area contributed by atoms with Crippen LogP contribution >= 0.6 is 0 Å². The van der Waals surface area contributed by atoms with Crippen molar-refractivity contribution in [3.05, 3.63) is 59.4 Å². The summed E-state index contributed by atoms with van der Waals surface area (Å²) in [6, 6.07) is 13.1. The molecule has 3 rings (SSSR count). The van der Waals surface area contributed by atoms with Gasteiger partial charge in [-0.3, -0.25) is 4.90 Å². The van der Waals surface area contributed by atoms with Gasteiger partial charge in [0.05, 0.1) is 5.69 Å². The average molecular weight is 387 g/mol. The van der Waals surface area contributed by atoms with Crippen molar-refractivity contribution in [1.29, 1.82) is 0 Å². The fraction of sp³-hybridized carbons (Fsp3) is 0.478. The first-order valence-electron chi connectivity index (χ1n) is 10.1. The molecule has 0 aromatic heterocycles. The molecule has 0 radical (unpaired) electrons. The van der Waals surface area contributed by atoms with Gasteiger partial charge in [-0.2, -0.15) is 0 Å². The third kappa shape index (κ3) is 5.24. The number of hydrogen-bond donors (Lipinski definition) is 1. The van der Waals surface area contributed by atoms with Gasteiger partial charge in [-0.25, -0.2) is 4.39 Å². The number of para-hydroxylation sites is 1. The van der Waals surface area contributed by atoms with Crippen molar-refractivity contribution in [3.63, 3.8) is 0 Å². The van der Waals surface area contributed by atoms with E-state index in [-0.39, 0.29) is 12.4 Å². The van der Waals surface area contributed by atoms with Gasteiger partial charge in [0.2, 0.25) is 0 Å². The van der Waals surface area contributed by atoms with Crippen molar-refractivity contribution < 1.29 is 14.2 Å². The number of benzene rings is 2. The summed E-state index contributed by atoms with van der Waals surface area (Å²) in [6.45, 7) is 10.3. The van der Waals surface area contributed by atoms with E-state index in [0.717, 1.165) is 43.1 Å². The van der Waals surface area contributed by atoms with Crippen LogP contribution in [-0.4, -0.2) is 55.4 Å². The fourth-order valence-electron chi connectivity index (χ4n) is 3.66. The highest BCUT2D eigenvalue weighted by molar-refractivity contribution is 5.48. The molecule has 1 saturated heterocycles. The minimum atomic E-state index is -0.555. The molecule has 0 aliphatic carbocycles. The van der Waals surface area contributed by atoms with Gasteiger partial charge in [0, 0.05) is 32.7 Å². The third-order valence-corrected chi connectivity index (χ3v) is 5.26. The first-order chi connectivity index (χ1) is 13.4. The summed E-state index contributed by atoms with van der Waals surface area (Å²) in [5.41, 5.74) is 2.97. The summed E-state index contributed by atoms with van der Waals surface area (Å²) in [6.07, 6.45) is -0.555. The van der Waals surface area contributed by atoms with E-state index in [1.165, 1.54) is 6.07 Å². The number of hydrogen-bond acceptors (Lipinski definition) is 4. The lowest BCUT2D eigenvalue weighted by molar-refractivity contribution is 0.0658. The standard InChI is InChI=1S/C23H31FN2O2/c1-17(2)20-9-8-18(3)14-23(20)28-16-19(27)15-25-10-12-26(13-11-25)22-7-5-4-6-21(22)24/h4-9,14,17,19,27H,10-13,15-16H2,1-3H3/t19-/m1/s1. The molecule has 1 fully saturated rings. The van der Waals surface area contributed by atoms with Crippen molar-refractivity contribution >= 4 is 5.69 Å². The molecule has 1 atom stereocenters. The van der Waals surface area contributed by atoms with E-state index >= 15 is 0 Å². The summed E-state index contributed by atoms with van der Waals surface area (Å²) in [5, 5.41) is 10.4. The Morgan fingerprint density at radius 3 is 2.46 bits per heavy atom. The van der Waals surface area contributed by atoms with E-state index in [1.54, 1.807) is 6.07 Å². The number of β-amino-alcohol motifs (C(OH)–C–C–N with tert-alkyl or cyclic N) is 1. The van der Waals surface area contributed by atoms with E-state index < -0.39 is 6.10 Å². The first-order valence-corrected chi connectivity index (χ1v) is 10.1. The molecule has 152 valence electrons. The van der Waals surface area contributed by atoms with E-state index in [0.29, 0.717) is 18.2 Å². The van der Waals surface area contributed by atoms with Crippen LogP contribution < -0.4 is 9.64 Å². The normalized spacial score (nSPS) is 16.4. The number of rotatable bonds is 7. The van der Waals surface area contributed by atoms with Gasteiger partial charge in [0.15, 0.2) is 0 Å². The number of halogens is 1. The average Bonchev–Trinajstić information content (AvgIpc) is 2.67. The summed E-state index contributed by atoms with van der Waals surface area (Å²) >= 11 is 0. The Morgan fingerprint density at radius 1 is 1.07 bits per heavy atom. The van der Waals surface area contributed by atoms with Gasteiger partial charge >= 0.3 is 0 Å². The number of nitrogens with zero attached hydrogens (tertiary/aromatic N) is 2. The zero-order valence-corrected chi connectivity index (χ0v) is 17.1. The highest BCUT2D eigenvalue weighted by Gasteiger charge is 2.21. The van der Waals surface area contributed by atoms with Crippen LogP contribution in [0.25, 0.3) is 0 Å². The Morgan fingerprint density at radius 2 is 1.79 bits per heavy atom. The van der Waals surface area contributed by atoms with Crippen molar-refractivity contribution in [1.82, 2.24) is 4.90 Å². The highest BCUT2D eigenvalue weighted by atomic mass is 19.1. The number of ether oxygens (including phenoxy) is 1. The number of aliphatic hydroxyl groups excluding tert-OH is 1. The molecular formula is C23H31FN2O2. The summed E-state index contributed by atoms with van der Waals surface area (Å²) in [7, 11) is 0. The fourth-order valence-corrected chi connectivity index (χ4v) is 3.66. The van der Waals surface area contributed by atoms with Crippen molar-refractivity contribution in [2.75, 3.05) is 44.2 Å². The Balaban J connectivity index is 1.48. The second kappa shape index (κ2) is 9.39. The van der Waals surface area contributed by atoms with Crippen LogP contribution in [0.15, 0.2) is 42.5 Å². The van der Waals surface area contributed by atoms with Crippen LogP contribution in [0.2, 0.25) is 0 Å². The Bertz CT molecular complexity index is 773. The number of anilines is 1. The molecule has 0 amide bonds. The van der Waals surface area contributed by atoms with Gasteiger partial charge in [-0.05, 0) is 42.2 Å². The van der Waals surface area contributed by atoms with E-state index in [2.05, 4.69) is 35.8 Å². The number of aliphatic hydroxyl groups is 1. The lowest BCUT2D eigenvalue weighted by Crippen LogP contribution is -2.49. The van der Waals surface area contributed by atoms with Crippen molar-refractivity contribution in [2.24, 2.45) is 0 Å². The summed E-state index contributed by atoms with van der Waals surface area (Å²) < 4.78 is 19.9. The Hall–Kier alpha value is -2.11. The smallest absolute Gasteiger partial charge is 0.146 e. The quantitative estimate of drug-likeness (QED) is 0.785. The molecule has 5 heteroatoms. The van der Waals surface area contributed by atoms with Crippen LogP contribution in [0.4, 0.5) is 10.1 Å². The first kappa shape index (κ1) is 20.6. The topological polar surface area (TPSA) is 35.9 Å². The molecule has 4 nitrogen and oxygen atoms in total. The van der Waals surface area contributed by atoms with Crippen molar-refractivity contribution in [3.8, 4) is 5.75 Å². The van der Waals surface area contributed by atoms with E-state index in [4.69, 9.17) is 4.74 Å². The van der Waals surface area contributed by atoms with Crippen LogP contribution in [0, 0.1) is 12.7 Å². The second-order valence-corrected chi connectivity index (χ2v) is 7.90. The van der Waals surface area contributed by atoms with Gasteiger partial charge in [0.25, 0.3) is 0 Å². The molecular weight excluding hydrogens is 355 g/mol. The Labute approximate surface area is 167 Å². The molecule has 28 heavy (non-hydrogen) atoms. The molecule has 1 heterocycles. The largest absolute Gasteiger partial charge is 0.491 e. The molecule has 0 bridgehead atoms. The van der Waals surface area contributed by atoms with Gasteiger partial charge in [-0.1, -0.05) is 38.1 Å². The van der Waals surface area contributed by atoms with E-state index in [9.17, 15) is 9.50 Å². The minimum Gasteiger partial charge on any atom is -0.491 e. The zero-order chi connectivity index (χ0) is 20.1. The maximum absolute atomic E-state index is 13.9. The number of piperazine rings is 1. The molecule has 2 aromatic rings. The maximum atomic E-state index is 13.9. The van der Waals surface area contributed by atoms with E-state index in [1.807, 2.05) is 25.1 Å². The molecule has 1 aliphatic heterocycles. The molecule has 0 saturated carbocycles. The molecule has 2 aromatic carbocycles. The molecule has 0 spiro atoms. The number of aryl methyl sites for hydroxylation is 1.